The molecule has 76 valence electrons. The average molecular weight is 209 g/mol. The zero-order chi connectivity index (χ0) is 10.7. The quantitative estimate of drug-likeness (QED) is 0.659. The molecule has 14 heavy (non-hydrogen) atoms. The minimum atomic E-state index is 0.485. The number of ether oxygens (including phenoxy) is 1. The predicted octanol–water partition coefficient (Wildman–Crippen LogP) is 2.53. The Kier molecular flexibility index (Phi) is 3.47. The highest BCUT2D eigenvalue weighted by molar-refractivity contribution is 7.80. The van der Waals surface area contributed by atoms with Crippen LogP contribution in [0.15, 0.2) is 18.2 Å². The summed E-state index contributed by atoms with van der Waals surface area (Å²) in [5.74, 6) is 0.837. The summed E-state index contributed by atoms with van der Waals surface area (Å²) in [4.78, 5) is 1.77. The maximum Gasteiger partial charge on any atom is 0.264 e. The number of thiocarbonyl (C=S) groups is 1. The van der Waals surface area contributed by atoms with Crippen molar-refractivity contribution in [2.75, 3.05) is 14.1 Å². The summed E-state index contributed by atoms with van der Waals surface area (Å²) >= 11 is 5.07. The highest BCUT2D eigenvalue weighted by Crippen LogP contribution is 2.20. The van der Waals surface area contributed by atoms with Crippen LogP contribution in [0.1, 0.15) is 11.1 Å². The summed E-state index contributed by atoms with van der Waals surface area (Å²) in [6, 6.07) is 5.95. The molecule has 0 bridgehead atoms. The number of benzene rings is 1. The van der Waals surface area contributed by atoms with E-state index in [1.807, 2.05) is 33.2 Å². The van der Waals surface area contributed by atoms with Crippen molar-refractivity contribution >= 4 is 17.4 Å². The number of aryl methyl sites for hydroxylation is 1. The summed E-state index contributed by atoms with van der Waals surface area (Å²) in [5.41, 5.74) is 2.35. The number of nitrogens with zero attached hydrogens (tertiary/aromatic N) is 1. The maximum atomic E-state index is 5.54. The second-order valence-electron chi connectivity index (χ2n) is 3.46. The lowest BCUT2D eigenvalue weighted by Gasteiger charge is -2.16. The van der Waals surface area contributed by atoms with E-state index < -0.39 is 0 Å². The highest BCUT2D eigenvalue weighted by atomic mass is 32.1. The van der Waals surface area contributed by atoms with Gasteiger partial charge in [-0.15, -0.1) is 0 Å². The van der Waals surface area contributed by atoms with Crippen molar-refractivity contribution in [3.05, 3.63) is 29.3 Å². The van der Waals surface area contributed by atoms with Gasteiger partial charge in [-0.2, -0.15) is 0 Å². The Morgan fingerprint density at radius 3 is 2.50 bits per heavy atom. The molecule has 1 aromatic rings. The number of hydrogen-bond acceptors (Lipinski definition) is 2. The number of rotatable bonds is 1. The van der Waals surface area contributed by atoms with Gasteiger partial charge in [0.1, 0.15) is 5.75 Å². The molecule has 0 aliphatic rings. The molecule has 2 nitrogen and oxygen atoms in total. The molecule has 1 rings (SSSR count). The van der Waals surface area contributed by atoms with Gasteiger partial charge in [0.25, 0.3) is 5.17 Å². The van der Waals surface area contributed by atoms with E-state index in [9.17, 15) is 0 Å². The van der Waals surface area contributed by atoms with E-state index in [4.69, 9.17) is 17.0 Å². The maximum absolute atomic E-state index is 5.54. The molecular weight excluding hydrogens is 194 g/mol. The standard InChI is InChI=1S/C11H15NOS/c1-8-6-5-7-10(9(8)2)13-11(14)12(3)4/h5-7H,1-4H3. The van der Waals surface area contributed by atoms with Crippen LogP contribution in [-0.4, -0.2) is 24.2 Å². The van der Waals surface area contributed by atoms with Crippen LogP contribution in [0.3, 0.4) is 0 Å². The van der Waals surface area contributed by atoms with Gasteiger partial charge in [-0.25, -0.2) is 0 Å². The molecule has 0 radical (unpaired) electrons. The molecule has 0 aromatic heterocycles. The predicted molar refractivity (Wildman–Crippen MR) is 62.8 cm³/mol. The second kappa shape index (κ2) is 4.42. The summed E-state index contributed by atoms with van der Waals surface area (Å²) in [6.07, 6.45) is 0. The monoisotopic (exact) mass is 209 g/mol. The van der Waals surface area contributed by atoms with E-state index in [2.05, 4.69) is 13.0 Å². The Balaban J connectivity index is 2.87. The largest absolute Gasteiger partial charge is 0.432 e. The first kappa shape index (κ1) is 11.0. The van der Waals surface area contributed by atoms with Crippen molar-refractivity contribution < 1.29 is 4.74 Å². The smallest absolute Gasteiger partial charge is 0.264 e. The van der Waals surface area contributed by atoms with Gasteiger partial charge in [0, 0.05) is 14.1 Å². The first-order chi connectivity index (χ1) is 6.52. The van der Waals surface area contributed by atoms with E-state index >= 15 is 0 Å². The normalized spacial score (nSPS) is 9.71. The molecule has 0 amide bonds. The van der Waals surface area contributed by atoms with Gasteiger partial charge in [-0.1, -0.05) is 12.1 Å². The van der Waals surface area contributed by atoms with Crippen molar-refractivity contribution in [3.63, 3.8) is 0 Å². The third-order valence-corrected chi connectivity index (χ3v) is 2.57. The fraction of sp³-hybridized carbons (Fsp3) is 0.364. The third-order valence-electron chi connectivity index (χ3n) is 2.12. The van der Waals surface area contributed by atoms with Crippen molar-refractivity contribution in [1.82, 2.24) is 4.90 Å². The van der Waals surface area contributed by atoms with Crippen LogP contribution >= 0.6 is 12.2 Å². The molecule has 0 N–H and O–H groups in total. The second-order valence-corrected chi connectivity index (χ2v) is 3.81. The zero-order valence-corrected chi connectivity index (χ0v) is 9.81. The number of hydrogen-bond donors (Lipinski definition) is 0. The van der Waals surface area contributed by atoms with Crippen LogP contribution in [0.5, 0.6) is 5.75 Å². The molecule has 3 heteroatoms. The van der Waals surface area contributed by atoms with Crippen molar-refractivity contribution in [1.29, 1.82) is 0 Å². The van der Waals surface area contributed by atoms with Crippen LogP contribution in [0.4, 0.5) is 0 Å². The van der Waals surface area contributed by atoms with Crippen LogP contribution in [0, 0.1) is 13.8 Å². The Morgan fingerprint density at radius 1 is 1.29 bits per heavy atom. The third kappa shape index (κ3) is 2.45. The molecule has 0 fully saturated rings. The SMILES string of the molecule is Cc1cccc(OC(=S)N(C)C)c1C. The minimum Gasteiger partial charge on any atom is -0.432 e. The Labute approximate surface area is 90.5 Å². The molecular formula is C11H15NOS. The minimum absolute atomic E-state index is 0.485. The van der Waals surface area contributed by atoms with Gasteiger partial charge in [-0.05, 0) is 43.3 Å². The van der Waals surface area contributed by atoms with E-state index in [1.54, 1.807) is 4.90 Å². The van der Waals surface area contributed by atoms with Gasteiger partial charge in [-0.3, -0.25) is 0 Å². The first-order valence-electron chi connectivity index (χ1n) is 4.47. The van der Waals surface area contributed by atoms with Gasteiger partial charge in [0.05, 0.1) is 0 Å². The molecule has 0 aliphatic carbocycles. The molecule has 0 spiro atoms. The fourth-order valence-electron chi connectivity index (χ4n) is 1.02. The van der Waals surface area contributed by atoms with Crippen molar-refractivity contribution in [3.8, 4) is 5.75 Å². The van der Waals surface area contributed by atoms with Crippen LogP contribution in [-0.2, 0) is 0 Å². The average Bonchev–Trinajstić information content (AvgIpc) is 2.12. The highest BCUT2D eigenvalue weighted by Gasteiger charge is 2.05. The van der Waals surface area contributed by atoms with Crippen molar-refractivity contribution in [2.24, 2.45) is 0 Å². The Morgan fingerprint density at radius 2 is 1.93 bits per heavy atom. The van der Waals surface area contributed by atoms with Crippen LogP contribution < -0.4 is 4.74 Å². The molecule has 1 aromatic carbocycles. The van der Waals surface area contributed by atoms with Crippen LogP contribution in [0.25, 0.3) is 0 Å². The van der Waals surface area contributed by atoms with Gasteiger partial charge < -0.3 is 9.64 Å². The Hall–Kier alpha value is -1.09. The molecule has 0 heterocycles. The first-order valence-corrected chi connectivity index (χ1v) is 4.88. The van der Waals surface area contributed by atoms with E-state index in [1.165, 1.54) is 5.56 Å². The molecule has 0 unspecified atom stereocenters. The van der Waals surface area contributed by atoms with Crippen molar-refractivity contribution in [2.45, 2.75) is 13.8 Å². The lowest BCUT2D eigenvalue weighted by Crippen LogP contribution is -2.25. The summed E-state index contributed by atoms with van der Waals surface area (Å²) in [5, 5.41) is 0.485. The zero-order valence-electron chi connectivity index (χ0n) is 9.00. The lowest BCUT2D eigenvalue weighted by molar-refractivity contribution is 0.447. The molecule has 0 saturated carbocycles. The summed E-state index contributed by atoms with van der Waals surface area (Å²) in [6.45, 7) is 4.09. The van der Waals surface area contributed by atoms with E-state index in [-0.39, 0.29) is 0 Å². The summed E-state index contributed by atoms with van der Waals surface area (Å²) < 4.78 is 5.54. The molecule has 0 atom stereocenters. The Bertz CT molecular complexity index is 347. The van der Waals surface area contributed by atoms with Gasteiger partial charge >= 0.3 is 0 Å². The van der Waals surface area contributed by atoms with Crippen LogP contribution in [0.2, 0.25) is 0 Å². The van der Waals surface area contributed by atoms with E-state index in [0.29, 0.717) is 5.17 Å². The lowest BCUT2D eigenvalue weighted by atomic mass is 10.1. The molecule has 0 aliphatic heterocycles. The topological polar surface area (TPSA) is 12.5 Å². The molecule has 0 saturated heterocycles. The van der Waals surface area contributed by atoms with Gasteiger partial charge in [0.15, 0.2) is 0 Å². The van der Waals surface area contributed by atoms with Gasteiger partial charge in [0.2, 0.25) is 0 Å². The van der Waals surface area contributed by atoms with E-state index in [0.717, 1.165) is 11.3 Å². The fourth-order valence-corrected chi connectivity index (χ4v) is 1.11. The summed E-state index contributed by atoms with van der Waals surface area (Å²) in [7, 11) is 3.74.